The summed E-state index contributed by atoms with van der Waals surface area (Å²) in [6, 6.07) is 14.2. The molecule has 2 rings (SSSR count). The van der Waals surface area contributed by atoms with Crippen molar-refractivity contribution >= 4 is 28.0 Å². The minimum Gasteiger partial charge on any atom is -0.423 e. The minimum absolute atomic E-state index is 0.368. The Kier molecular flexibility index (Phi) is 3.95. The summed E-state index contributed by atoms with van der Waals surface area (Å²) in [5.74, 6) is 0.156. The lowest BCUT2D eigenvalue weighted by atomic mass is 10.1. The summed E-state index contributed by atoms with van der Waals surface area (Å²) in [5.41, 5.74) is 1.48. The average Bonchev–Trinajstić information content (AvgIpc) is 2.41. The average molecular weight is 303 g/mol. The van der Waals surface area contributed by atoms with Crippen LogP contribution in [0.2, 0.25) is 0 Å². The fraction of sp³-hybridized carbons (Fsp3) is 0. The maximum absolute atomic E-state index is 11.8. The van der Waals surface area contributed by atoms with Crippen LogP contribution < -0.4 is 4.74 Å². The number of hydrogen-bond donors (Lipinski definition) is 0. The number of ether oxygens (including phenoxy) is 1. The molecule has 0 fully saturated rings. The van der Waals surface area contributed by atoms with Gasteiger partial charge in [-0.3, -0.25) is 0 Å². The summed E-state index contributed by atoms with van der Waals surface area (Å²) in [7, 11) is 0. The summed E-state index contributed by atoms with van der Waals surface area (Å²) in [6.07, 6.45) is 1.73. The van der Waals surface area contributed by atoms with Gasteiger partial charge in [-0.25, -0.2) is 4.79 Å². The van der Waals surface area contributed by atoms with Crippen molar-refractivity contribution in [1.82, 2.24) is 0 Å². The van der Waals surface area contributed by atoms with Crippen molar-refractivity contribution in [3.63, 3.8) is 0 Å². The molecule has 0 heterocycles. The Labute approximate surface area is 114 Å². The lowest BCUT2D eigenvalue weighted by Crippen LogP contribution is -2.08. The van der Waals surface area contributed by atoms with Gasteiger partial charge in [0, 0.05) is 4.47 Å². The van der Waals surface area contributed by atoms with Crippen LogP contribution in [0.15, 0.2) is 59.6 Å². The van der Waals surface area contributed by atoms with E-state index in [9.17, 15) is 4.79 Å². The van der Waals surface area contributed by atoms with Crippen LogP contribution in [0.4, 0.5) is 0 Å². The van der Waals surface area contributed by atoms with Gasteiger partial charge >= 0.3 is 5.97 Å². The molecule has 0 radical (unpaired) electrons. The van der Waals surface area contributed by atoms with Crippen molar-refractivity contribution in [2.75, 3.05) is 0 Å². The lowest BCUT2D eigenvalue weighted by molar-refractivity contribution is 0.0735. The monoisotopic (exact) mass is 302 g/mol. The number of carbonyl (C=O) groups excluding carboxylic acids is 1. The fourth-order valence-electron chi connectivity index (χ4n) is 1.42. The first-order chi connectivity index (χ1) is 8.69. The number of rotatable bonds is 3. The third-order valence-corrected chi connectivity index (χ3v) is 2.93. The molecule has 2 aromatic rings. The molecule has 0 N–H and O–H groups in total. The normalized spacial score (nSPS) is 9.83. The van der Waals surface area contributed by atoms with Crippen LogP contribution in [0.3, 0.4) is 0 Å². The Balaban J connectivity index is 2.11. The predicted molar refractivity (Wildman–Crippen MR) is 75.6 cm³/mol. The van der Waals surface area contributed by atoms with E-state index in [1.54, 1.807) is 30.3 Å². The molecule has 2 nitrogen and oxygen atoms in total. The molecular weight excluding hydrogens is 292 g/mol. The Bertz CT molecular complexity index is 556. The highest BCUT2D eigenvalue weighted by Crippen LogP contribution is 2.17. The maximum atomic E-state index is 11.8. The highest BCUT2D eigenvalue weighted by molar-refractivity contribution is 9.10. The SMILES string of the molecule is C=Cc1ccc(C(=O)Oc2ccc(Br)cc2)cc1. The van der Waals surface area contributed by atoms with Gasteiger partial charge in [0.2, 0.25) is 0 Å². The molecule has 0 unspecified atom stereocenters. The summed E-state index contributed by atoms with van der Waals surface area (Å²) in [6.45, 7) is 3.66. The highest BCUT2D eigenvalue weighted by Gasteiger charge is 2.07. The third-order valence-electron chi connectivity index (χ3n) is 2.41. The molecule has 18 heavy (non-hydrogen) atoms. The molecule has 2 aromatic carbocycles. The molecule has 0 bridgehead atoms. The van der Waals surface area contributed by atoms with Crippen LogP contribution in [-0.2, 0) is 0 Å². The first kappa shape index (κ1) is 12.6. The van der Waals surface area contributed by atoms with Crippen LogP contribution >= 0.6 is 15.9 Å². The van der Waals surface area contributed by atoms with Crippen molar-refractivity contribution in [2.24, 2.45) is 0 Å². The molecule has 0 aromatic heterocycles. The molecule has 0 saturated heterocycles. The Morgan fingerprint density at radius 2 is 1.67 bits per heavy atom. The van der Waals surface area contributed by atoms with Crippen molar-refractivity contribution < 1.29 is 9.53 Å². The number of benzene rings is 2. The van der Waals surface area contributed by atoms with Crippen LogP contribution in [0, 0.1) is 0 Å². The molecule has 0 spiro atoms. The molecule has 0 atom stereocenters. The summed E-state index contributed by atoms with van der Waals surface area (Å²) in [4.78, 5) is 11.8. The van der Waals surface area contributed by atoms with Crippen LogP contribution in [0.25, 0.3) is 6.08 Å². The first-order valence-electron chi connectivity index (χ1n) is 5.39. The zero-order chi connectivity index (χ0) is 13.0. The van der Waals surface area contributed by atoms with Gasteiger partial charge in [0.25, 0.3) is 0 Å². The Morgan fingerprint density at radius 3 is 2.22 bits per heavy atom. The van der Waals surface area contributed by atoms with Gasteiger partial charge in [-0.1, -0.05) is 40.7 Å². The van der Waals surface area contributed by atoms with Gasteiger partial charge in [-0.2, -0.15) is 0 Å². The Hall–Kier alpha value is -1.87. The number of halogens is 1. The van der Waals surface area contributed by atoms with E-state index in [1.165, 1.54) is 0 Å². The predicted octanol–water partition coefficient (Wildman–Crippen LogP) is 4.31. The molecular formula is C15H11BrO2. The molecule has 0 aliphatic carbocycles. The van der Waals surface area contributed by atoms with Gasteiger partial charge in [0.15, 0.2) is 0 Å². The van der Waals surface area contributed by atoms with E-state index in [0.717, 1.165) is 10.0 Å². The number of hydrogen-bond acceptors (Lipinski definition) is 2. The van der Waals surface area contributed by atoms with Gasteiger partial charge in [-0.05, 0) is 42.0 Å². The second-order valence-electron chi connectivity index (χ2n) is 3.67. The van der Waals surface area contributed by atoms with Gasteiger partial charge in [0.05, 0.1) is 5.56 Å². The van der Waals surface area contributed by atoms with Crippen molar-refractivity contribution in [1.29, 1.82) is 0 Å². The topological polar surface area (TPSA) is 26.3 Å². The largest absolute Gasteiger partial charge is 0.423 e. The van der Waals surface area contributed by atoms with E-state index in [1.807, 2.05) is 24.3 Å². The summed E-state index contributed by atoms with van der Waals surface area (Å²) < 4.78 is 6.19. The zero-order valence-corrected chi connectivity index (χ0v) is 11.2. The molecule has 0 amide bonds. The quantitative estimate of drug-likeness (QED) is 0.624. The van der Waals surface area contributed by atoms with E-state index >= 15 is 0 Å². The number of esters is 1. The van der Waals surface area contributed by atoms with Crippen molar-refractivity contribution in [3.8, 4) is 5.75 Å². The van der Waals surface area contributed by atoms with Crippen LogP contribution in [0.1, 0.15) is 15.9 Å². The molecule has 3 heteroatoms. The molecule has 0 aliphatic heterocycles. The Morgan fingerprint density at radius 1 is 1.06 bits per heavy atom. The maximum Gasteiger partial charge on any atom is 0.343 e. The number of carbonyl (C=O) groups is 1. The molecule has 0 aliphatic rings. The van der Waals surface area contributed by atoms with Gasteiger partial charge < -0.3 is 4.74 Å². The van der Waals surface area contributed by atoms with Gasteiger partial charge in [-0.15, -0.1) is 0 Å². The fourth-order valence-corrected chi connectivity index (χ4v) is 1.69. The van der Waals surface area contributed by atoms with Crippen LogP contribution in [0.5, 0.6) is 5.75 Å². The van der Waals surface area contributed by atoms with E-state index in [0.29, 0.717) is 11.3 Å². The van der Waals surface area contributed by atoms with Crippen molar-refractivity contribution in [2.45, 2.75) is 0 Å². The zero-order valence-electron chi connectivity index (χ0n) is 9.60. The second kappa shape index (κ2) is 5.65. The highest BCUT2D eigenvalue weighted by atomic mass is 79.9. The second-order valence-corrected chi connectivity index (χ2v) is 4.59. The summed E-state index contributed by atoms with van der Waals surface area (Å²) >= 11 is 3.32. The standard InChI is InChI=1S/C15H11BrO2/c1-2-11-3-5-12(6-4-11)15(17)18-14-9-7-13(16)8-10-14/h2-10H,1H2. The molecule has 90 valence electrons. The van der Waals surface area contributed by atoms with E-state index in [2.05, 4.69) is 22.5 Å². The third kappa shape index (κ3) is 3.08. The molecule has 0 saturated carbocycles. The summed E-state index contributed by atoms with van der Waals surface area (Å²) in [5, 5.41) is 0. The van der Waals surface area contributed by atoms with Crippen LogP contribution in [-0.4, -0.2) is 5.97 Å². The van der Waals surface area contributed by atoms with Crippen molar-refractivity contribution in [3.05, 3.63) is 70.7 Å². The van der Waals surface area contributed by atoms with E-state index in [4.69, 9.17) is 4.74 Å². The minimum atomic E-state index is -0.368. The lowest BCUT2D eigenvalue weighted by Gasteiger charge is -2.04. The van der Waals surface area contributed by atoms with Gasteiger partial charge in [0.1, 0.15) is 5.75 Å². The smallest absolute Gasteiger partial charge is 0.343 e. The van der Waals surface area contributed by atoms with E-state index in [-0.39, 0.29) is 5.97 Å². The first-order valence-corrected chi connectivity index (χ1v) is 6.18. The van der Waals surface area contributed by atoms with E-state index < -0.39 is 0 Å².